The summed E-state index contributed by atoms with van der Waals surface area (Å²) >= 11 is 0. The smallest absolute Gasteiger partial charge is 0.322 e. The Kier molecular flexibility index (Phi) is 3.99. The Morgan fingerprint density at radius 1 is 1.32 bits per heavy atom. The van der Waals surface area contributed by atoms with Crippen LogP contribution in [-0.2, 0) is 4.79 Å². The summed E-state index contributed by atoms with van der Waals surface area (Å²) in [5, 5.41) is 11.3. The molecule has 0 atom stereocenters. The topological polar surface area (TPSA) is 69.6 Å². The quantitative estimate of drug-likeness (QED) is 0.859. The van der Waals surface area contributed by atoms with Crippen molar-refractivity contribution in [1.29, 1.82) is 0 Å². The van der Waals surface area contributed by atoms with Crippen LogP contribution in [0.4, 0.5) is 14.9 Å². The lowest BCUT2D eigenvalue weighted by molar-refractivity contribution is -0.137. The number of carbonyl (C=O) groups is 2. The molecule has 0 heterocycles. The van der Waals surface area contributed by atoms with Gasteiger partial charge in [-0.15, -0.1) is 0 Å². The molecule has 6 heteroatoms. The second kappa shape index (κ2) is 5.69. The van der Waals surface area contributed by atoms with E-state index in [-0.39, 0.29) is 30.9 Å². The van der Waals surface area contributed by atoms with Crippen molar-refractivity contribution >= 4 is 17.7 Å². The van der Waals surface area contributed by atoms with Crippen molar-refractivity contribution in [2.24, 2.45) is 0 Å². The molecule has 1 fully saturated rings. The number of carboxylic acid groups (broad SMARTS) is 1. The van der Waals surface area contributed by atoms with Crippen LogP contribution >= 0.6 is 0 Å². The van der Waals surface area contributed by atoms with E-state index in [1.807, 2.05) is 0 Å². The van der Waals surface area contributed by atoms with Crippen molar-refractivity contribution < 1.29 is 19.1 Å². The molecule has 2 rings (SSSR count). The van der Waals surface area contributed by atoms with Gasteiger partial charge in [-0.2, -0.15) is 0 Å². The van der Waals surface area contributed by atoms with E-state index in [0.717, 1.165) is 12.8 Å². The predicted molar refractivity (Wildman–Crippen MR) is 67.4 cm³/mol. The number of nitrogens with one attached hydrogen (secondary N) is 1. The largest absolute Gasteiger partial charge is 0.481 e. The molecular formula is C13H15FN2O3. The minimum Gasteiger partial charge on any atom is -0.481 e. The van der Waals surface area contributed by atoms with E-state index in [0.29, 0.717) is 5.69 Å². The molecule has 1 aliphatic rings. The van der Waals surface area contributed by atoms with Crippen molar-refractivity contribution in [2.45, 2.75) is 25.3 Å². The van der Waals surface area contributed by atoms with E-state index in [1.54, 1.807) is 0 Å². The lowest BCUT2D eigenvalue weighted by Gasteiger charge is -2.22. The van der Waals surface area contributed by atoms with E-state index in [1.165, 1.54) is 29.2 Å². The standard InChI is InChI=1S/C13H15FN2O3/c14-9-1-3-10(4-2-9)15-13(19)16(11-5-6-11)8-7-12(17)18/h1-4,11H,5-8H2,(H,15,19)(H,17,18). The highest BCUT2D eigenvalue weighted by molar-refractivity contribution is 5.89. The van der Waals surface area contributed by atoms with Gasteiger partial charge in [0.1, 0.15) is 5.82 Å². The van der Waals surface area contributed by atoms with E-state index in [9.17, 15) is 14.0 Å². The van der Waals surface area contributed by atoms with Crippen LogP contribution in [0.3, 0.4) is 0 Å². The molecule has 2 amide bonds. The third kappa shape index (κ3) is 3.94. The zero-order valence-corrected chi connectivity index (χ0v) is 10.3. The third-order valence-electron chi connectivity index (χ3n) is 2.91. The molecule has 2 N–H and O–H groups in total. The van der Waals surface area contributed by atoms with Gasteiger partial charge in [0.2, 0.25) is 0 Å². The number of carbonyl (C=O) groups excluding carboxylic acids is 1. The molecule has 0 bridgehead atoms. The predicted octanol–water partition coefficient (Wildman–Crippen LogP) is 2.30. The van der Waals surface area contributed by atoms with Gasteiger partial charge in [-0.05, 0) is 37.1 Å². The summed E-state index contributed by atoms with van der Waals surface area (Å²) in [4.78, 5) is 24.1. The first-order chi connectivity index (χ1) is 9.06. The molecule has 1 saturated carbocycles. The van der Waals surface area contributed by atoms with Gasteiger partial charge in [-0.25, -0.2) is 9.18 Å². The highest BCUT2D eigenvalue weighted by Crippen LogP contribution is 2.27. The highest BCUT2D eigenvalue weighted by atomic mass is 19.1. The molecule has 0 unspecified atom stereocenters. The van der Waals surface area contributed by atoms with E-state index >= 15 is 0 Å². The van der Waals surface area contributed by atoms with Crippen LogP contribution in [-0.4, -0.2) is 34.6 Å². The first-order valence-electron chi connectivity index (χ1n) is 6.11. The normalized spacial score (nSPS) is 13.9. The van der Waals surface area contributed by atoms with Gasteiger partial charge >= 0.3 is 12.0 Å². The first kappa shape index (κ1) is 13.3. The fourth-order valence-corrected chi connectivity index (χ4v) is 1.78. The summed E-state index contributed by atoms with van der Waals surface area (Å²) in [6.45, 7) is 0.188. The lowest BCUT2D eigenvalue weighted by atomic mass is 10.3. The number of rotatable bonds is 5. The summed E-state index contributed by atoms with van der Waals surface area (Å²) in [5.74, 6) is -1.30. The fourth-order valence-electron chi connectivity index (χ4n) is 1.78. The maximum Gasteiger partial charge on any atom is 0.322 e. The Hall–Kier alpha value is -2.11. The lowest BCUT2D eigenvalue weighted by Crippen LogP contribution is -2.38. The van der Waals surface area contributed by atoms with Crippen LogP contribution in [0.15, 0.2) is 24.3 Å². The number of nitrogens with zero attached hydrogens (tertiary/aromatic N) is 1. The van der Waals surface area contributed by atoms with Crippen LogP contribution in [0.25, 0.3) is 0 Å². The molecule has 0 spiro atoms. The molecular weight excluding hydrogens is 251 g/mol. The van der Waals surface area contributed by atoms with Crippen molar-refractivity contribution in [1.82, 2.24) is 4.90 Å². The fraction of sp³-hybridized carbons (Fsp3) is 0.385. The average Bonchev–Trinajstić information content (AvgIpc) is 3.16. The number of anilines is 1. The van der Waals surface area contributed by atoms with Gasteiger partial charge in [0.05, 0.1) is 6.42 Å². The summed E-state index contributed by atoms with van der Waals surface area (Å²) < 4.78 is 12.7. The number of hydrogen-bond donors (Lipinski definition) is 2. The molecule has 0 aromatic heterocycles. The van der Waals surface area contributed by atoms with Gasteiger partial charge in [-0.1, -0.05) is 0 Å². The van der Waals surface area contributed by atoms with Crippen LogP contribution < -0.4 is 5.32 Å². The number of benzene rings is 1. The second-order valence-electron chi connectivity index (χ2n) is 4.51. The number of urea groups is 1. The van der Waals surface area contributed by atoms with Crippen LogP contribution in [0, 0.1) is 5.82 Å². The molecule has 0 saturated heterocycles. The molecule has 0 aliphatic heterocycles. The monoisotopic (exact) mass is 266 g/mol. The summed E-state index contributed by atoms with van der Waals surface area (Å²) in [6, 6.07) is 5.24. The Balaban J connectivity index is 1.95. The second-order valence-corrected chi connectivity index (χ2v) is 4.51. The van der Waals surface area contributed by atoms with Crippen molar-refractivity contribution in [3.63, 3.8) is 0 Å². The third-order valence-corrected chi connectivity index (χ3v) is 2.91. The minimum absolute atomic E-state index is 0.0761. The molecule has 19 heavy (non-hydrogen) atoms. The molecule has 5 nitrogen and oxygen atoms in total. The van der Waals surface area contributed by atoms with E-state index in [4.69, 9.17) is 5.11 Å². The summed E-state index contributed by atoms with van der Waals surface area (Å²) in [5.41, 5.74) is 0.493. The maximum atomic E-state index is 12.7. The van der Waals surface area contributed by atoms with Gasteiger partial charge in [-0.3, -0.25) is 4.79 Å². The number of aliphatic carboxylic acids is 1. The number of hydrogen-bond acceptors (Lipinski definition) is 2. The Morgan fingerprint density at radius 3 is 2.47 bits per heavy atom. The van der Waals surface area contributed by atoms with Gasteiger partial charge < -0.3 is 15.3 Å². The van der Waals surface area contributed by atoms with Gasteiger partial charge in [0, 0.05) is 18.3 Å². The summed E-state index contributed by atoms with van der Waals surface area (Å²) in [6.07, 6.45) is 1.72. The van der Waals surface area contributed by atoms with Crippen molar-refractivity contribution in [3.8, 4) is 0 Å². The van der Waals surface area contributed by atoms with E-state index < -0.39 is 5.97 Å². The number of carboxylic acids is 1. The average molecular weight is 266 g/mol. The minimum atomic E-state index is -0.930. The van der Waals surface area contributed by atoms with Crippen LogP contribution in [0.2, 0.25) is 0 Å². The highest BCUT2D eigenvalue weighted by Gasteiger charge is 2.32. The van der Waals surface area contributed by atoms with E-state index in [2.05, 4.69) is 5.32 Å². The molecule has 1 aliphatic carbocycles. The zero-order valence-electron chi connectivity index (χ0n) is 10.3. The van der Waals surface area contributed by atoms with Gasteiger partial charge in [0.25, 0.3) is 0 Å². The molecule has 1 aromatic rings. The maximum absolute atomic E-state index is 12.7. The zero-order chi connectivity index (χ0) is 13.8. The van der Waals surface area contributed by atoms with Crippen LogP contribution in [0.1, 0.15) is 19.3 Å². The SMILES string of the molecule is O=C(O)CCN(C(=O)Nc1ccc(F)cc1)C1CC1. The number of halogens is 1. The number of amides is 2. The molecule has 102 valence electrons. The molecule has 0 radical (unpaired) electrons. The van der Waals surface area contributed by atoms with Crippen molar-refractivity contribution in [2.75, 3.05) is 11.9 Å². The van der Waals surface area contributed by atoms with Crippen molar-refractivity contribution in [3.05, 3.63) is 30.1 Å². The first-order valence-corrected chi connectivity index (χ1v) is 6.11. The Labute approximate surface area is 110 Å². The summed E-state index contributed by atoms with van der Waals surface area (Å²) in [7, 11) is 0. The molecule has 1 aromatic carbocycles. The Morgan fingerprint density at radius 2 is 1.95 bits per heavy atom. The van der Waals surface area contributed by atoms with Crippen LogP contribution in [0.5, 0.6) is 0 Å². The Bertz CT molecular complexity index is 471. The van der Waals surface area contributed by atoms with Gasteiger partial charge in [0.15, 0.2) is 0 Å².